The number of carbonyl (C=O) groups excluding carboxylic acids is 2. The summed E-state index contributed by atoms with van der Waals surface area (Å²) >= 11 is 11.6. The third-order valence-electron chi connectivity index (χ3n) is 2.53. The number of nitrogens with one attached hydrogen (secondary N) is 1. The van der Waals surface area contributed by atoms with Gasteiger partial charge in [-0.2, -0.15) is 0 Å². The van der Waals surface area contributed by atoms with Crippen LogP contribution in [0.3, 0.4) is 0 Å². The van der Waals surface area contributed by atoms with Gasteiger partial charge in [0.2, 0.25) is 0 Å². The maximum Gasteiger partial charge on any atom is 0.283 e. The molecule has 0 fully saturated rings. The van der Waals surface area contributed by atoms with E-state index in [0.29, 0.717) is 10.7 Å². The fraction of sp³-hybridized carbons (Fsp3) is 0.167. The van der Waals surface area contributed by atoms with Crippen molar-refractivity contribution in [3.8, 4) is 0 Å². The van der Waals surface area contributed by atoms with Crippen molar-refractivity contribution in [2.24, 2.45) is 0 Å². The minimum absolute atomic E-state index is 0.00401. The van der Waals surface area contributed by atoms with Crippen molar-refractivity contribution in [2.45, 2.75) is 0 Å². The van der Waals surface area contributed by atoms with Crippen LogP contribution in [0, 0.1) is 0 Å². The van der Waals surface area contributed by atoms with Crippen molar-refractivity contribution in [1.29, 1.82) is 0 Å². The molecule has 1 heterocycles. The Balaban J connectivity index is 2.29. The van der Waals surface area contributed by atoms with E-state index in [2.05, 4.69) is 5.32 Å². The normalized spacial score (nSPS) is 15.4. The van der Waals surface area contributed by atoms with Crippen LogP contribution in [0.5, 0.6) is 0 Å². The summed E-state index contributed by atoms with van der Waals surface area (Å²) < 4.78 is 0. The predicted molar refractivity (Wildman–Crippen MR) is 71.9 cm³/mol. The molecule has 0 radical (unpaired) electrons. The number of benzene rings is 1. The third-order valence-corrected chi connectivity index (χ3v) is 3.13. The molecule has 0 saturated heterocycles. The van der Waals surface area contributed by atoms with Crippen molar-refractivity contribution in [2.75, 3.05) is 18.1 Å². The predicted octanol–water partition coefficient (Wildman–Crippen LogP) is 1.25. The second kappa shape index (κ2) is 5.61. The summed E-state index contributed by atoms with van der Waals surface area (Å²) in [5.74, 6) is -1.15. The average Bonchev–Trinajstić information content (AvgIpc) is 2.60. The zero-order valence-corrected chi connectivity index (χ0v) is 11.2. The molecule has 5 nitrogen and oxygen atoms in total. The van der Waals surface area contributed by atoms with Crippen molar-refractivity contribution in [3.63, 3.8) is 0 Å². The van der Waals surface area contributed by atoms with Gasteiger partial charge in [0.15, 0.2) is 0 Å². The van der Waals surface area contributed by atoms with Gasteiger partial charge in [-0.05, 0) is 24.3 Å². The number of hydrogen-bond donors (Lipinski definition) is 2. The Hall–Kier alpha value is -1.56. The molecule has 1 aliphatic rings. The molecule has 0 spiro atoms. The summed E-state index contributed by atoms with van der Waals surface area (Å²) in [6.07, 6.45) is 0. The summed E-state index contributed by atoms with van der Waals surface area (Å²) in [6, 6.07) is 6.25. The van der Waals surface area contributed by atoms with Gasteiger partial charge in [-0.25, -0.2) is 4.90 Å². The quantitative estimate of drug-likeness (QED) is 0.821. The van der Waals surface area contributed by atoms with Crippen molar-refractivity contribution < 1.29 is 14.7 Å². The SMILES string of the molecule is O=C1C(Cl)=C(NCCO)C(=O)N1c1ccc(Cl)cc1. The van der Waals surface area contributed by atoms with E-state index in [9.17, 15) is 9.59 Å². The molecule has 19 heavy (non-hydrogen) atoms. The number of aliphatic hydroxyl groups excluding tert-OH is 1. The van der Waals surface area contributed by atoms with Gasteiger partial charge in [0.1, 0.15) is 10.7 Å². The summed E-state index contributed by atoms with van der Waals surface area (Å²) in [5.41, 5.74) is 0.383. The van der Waals surface area contributed by atoms with Crippen molar-refractivity contribution in [3.05, 3.63) is 40.0 Å². The molecular formula is C12H10Cl2N2O3. The summed E-state index contributed by atoms with van der Waals surface area (Å²) in [7, 11) is 0. The number of anilines is 1. The molecule has 0 atom stereocenters. The molecule has 0 bridgehead atoms. The largest absolute Gasteiger partial charge is 0.395 e. The lowest BCUT2D eigenvalue weighted by Gasteiger charge is -2.14. The number of nitrogens with zero attached hydrogens (tertiary/aromatic N) is 1. The van der Waals surface area contributed by atoms with Gasteiger partial charge >= 0.3 is 0 Å². The minimum atomic E-state index is -0.602. The fourth-order valence-corrected chi connectivity index (χ4v) is 2.02. The first-order valence-corrected chi connectivity index (χ1v) is 6.20. The molecule has 1 aromatic rings. The minimum Gasteiger partial charge on any atom is -0.395 e. The molecule has 2 amide bonds. The fourth-order valence-electron chi connectivity index (χ4n) is 1.66. The number of hydrogen-bond acceptors (Lipinski definition) is 4. The monoisotopic (exact) mass is 300 g/mol. The standard InChI is InChI=1S/C12H10Cl2N2O3/c13-7-1-3-8(4-2-7)16-11(18)9(14)10(12(16)19)15-5-6-17/h1-4,15,17H,5-6H2. The number of aliphatic hydroxyl groups is 1. The second-order valence-electron chi connectivity index (χ2n) is 3.76. The Morgan fingerprint density at radius 2 is 1.74 bits per heavy atom. The van der Waals surface area contributed by atoms with Crippen LogP contribution in [0.15, 0.2) is 35.0 Å². The Labute approximate surface area is 119 Å². The Kier molecular flexibility index (Phi) is 4.09. The molecule has 2 rings (SSSR count). The van der Waals surface area contributed by atoms with E-state index in [-0.39, 0.29) is 23.9 Å². The zero-order chi connectivity index (χ0) is 14.0. The lowest BCUT2D eigenvalue weighted by molar-refractivity contribution is -0.120. The highest BCUT2D eigenvalue weighted by Crippen LogP contribution is 2.28. The topological polar surface area (TPSA) is 69.6 Å². The highest BCUT2D eigenvalue weighted by atomic mass is 35.5. The first-order chi connectivity index (χ1) is 9.06. The van der Waals surface area contributed by atoms with Gasteiger partial charge < -0.3 is 10.4 Å². The third kappa shape index (κ3) is 2.58. The molecule has 1 aromatic carbocycles. The van der Waals surface area contributed by atoms with Crippen LogP contribution in [0.2, 0.25) is 5.02 Å². The van der Waals surface area contributed by atoms with Gasteiger partial charge in [0.25, 0.3) is 11.8 Å². The molecule has 0 aliphatic carbocycles. The van der Waals surface area contributed by atoms with E-state index < -0.39 is 11.8 Å². The number of carbonyl (C=O) groups is 2. The number of rotatable bonds is 4. The van der Waals surface area contributed by atoms with Gasteiger partial charge in [-0.3, -0.25) is 9.59 Å². The number of amides is 2. The zero-order valence-electron chi connectivity index (χ0n) is 9.69. The van der Waals surface area contributed by atoms with Gasteiger partial charge in [0, 0.05) is 11.6 Å². The molecule has 7 heteroatoms. The van der Waals surface area contributed by atoms with Crippen molar-refractivity contribution in [1.82, 2.24) is 5.32 Å². The Morgan fingerprint density at radius 1 is 1.11 bits per heavy atom. The van der Waals surface area contributed by atoms with Crippen molar-refractivity contribution >= 4 is 40.7 Å². The van der Waals surface area contributed by atoms with Crippen LogP contribution in [0.25, 0.3) is 0 Å². The van der Waals surface area contributed by atoms with Crippen LogP contribution in [0.1, 0.15) is 0 Å². The van der Waals surface area contributed by atoms with Gasteiger partial charge in [-0.1, -0.05) is 23.2 Å². The highest BCUT2D eigenvalue weighted by Gasteiger charge is 2.38. The van der Waals surface area contributed by atoms with E-state index in [1.54, 1.807) is 24.3 Å². The number of halogens is 2. The Morgan fingerprint density at radius 3 is 2.32 bits per heavy atom. The average molecular weight is 301 g/mol. The van der Waals surface area contributed by atoms with Crippen LogP contribution >= 0.6 is 23.2 Å². The Bertz CT molecular complexity index is 555. The summed E-state index contributed by atoms with van der Waals surface area (Å²) in [5, 5.41) is 11.7. The summed E-state index contributed by atoms with van der Waals surface area (Å²) in [6.45, 7) is -0.0326. The molecule has 2 N–H and O–H groups in total. The molecule has 0 unspecified atom stereocenters. The first-order valence-electron chi connectivity index (χ1n) is 5.45. The van der Waals surface area contributed by atoms with E-state index >= 15 is 0 Å². The van der Waals surface area contributed by atoms with Crippen LogP contribution in [0.4, 0.5) is 5.69 Å². The first kappa shape index (κ1) is 13.9. The van der Waals surface area contributed by atoms with Crippen LogP contribution < -0.4 is 10.2 Å². The molecular weight excluding hydrogens is 291 g/mol. The maximum absolute atomic E-state index is 12.1. The van der Waals surface area contributed by atoms with Crippen LogP contribution in [-0.2, 0) is 9.59 Å². The van der Waals surface area contributed by atoms with Gasteiger partial charge in [-0.15, -0.1) is 0 Å². The molecule has 100 valence electrons. The molecule has 0 aromatic heterocycles. The number of imide groups is 1. The maximum atomic E-state index is 12.1. The highest BCUT2D eigenvalue weighted by molar-refractivity contribution is 6.52. The van der Waals surface area contributed by atoms with E-state index in [1.165, 1.54) is 0 Å². The smallest absolute Gasteiger partial charge is 0.283 e. The van der Waals surface area contributed by atoms with Crippen LogP contribution in [-0.4, -0.2) is 30.1 Å². The lowest BCUT2D eigenvalue weighted by Crippen LogP contribution is -2.34. The second-order valence-corrected chi connectivity index (χ2v) is 4.58. The molecule has 0 saturated carbocycles. The molecule has 1 aliphatic heterocycles. The van der Waals surface area contributed by atoms with Gasteiger partial charge in [0.05, 0.1) is 12.3 Å². The summed E-state index contributed by atoms with van der Waals surface area (Å²) in [4.78, 5) is 25.0. The van der Waals surface area contributed by atoms with E-state index in [1.807, 2.05) is 0 Å². The lowest BCUT2D eigenvalue weighted by atomic mass is 10.3. The van der Waals surface area contributed by atoms with E-state index in [0.717, 1.165) is 4.90 Å². The van der Waals surface area contributed by atoms with E-state index in [4.69, 9.17) is 28.3 Å².